The third kappa shape index (κ3) is 5.83. The van der Waals surface area contributed by atoms with E-state index < -0.39 is 5.97 Å². The van der Waals surface area contributed by atoms with Gasteiger partial charge in [-0.3, -0.25) is 4.79 Å². The summed E-state index contributed by atoms with van der Waals surface area (Å²) in [6, 6.07) is 18.6. The van der Waals surface area contributed by atoms with Gasteiger partial charge < -0.3 is 5.11 Å². The van der Waals surface area contributed by atoms with Crippen molar-refractivity contribution in [3.8, 4) is 0 Å². The lowest BCUT2D eigenvalue weighted by Gasteiger charge is -2.08. The fraction of sp³-hybridized carbons (Fsp3) is 0.391. The van der Waals surface area contributed by atoms with Gasteiger partial charge in [-0.2, -0.15) is 0 Å². The summed E-state index contributed by atoms with van der Waals surface area (Å²) in [5.41, 5.74) is 2.12. The van der Waals surface area contributed by atoms with Crippen LogP contribution in [-0.4, -0.2) is 16.1 Å². The zero-order valence-corrected chi connectivity index (χ0v) is 15.8. The highest BCUT2D eigenvalue weighted by molar-refractivity contribution is 5.92. The summed E-state index contributed by atoms with van der Waals surface area (Å²) < 4.78 is 0. The molecule has 0 spiro atoms. The number of carboxylic acid groups (broad SMARTS) is 1. The molecule has 26 heavy (non-hydrogen) atoms. The Kier molecular flexibility index (Phi) is 8.07. The average molecular weight is 351 g/mol. The summed E-state index contributed by atoms with van der Waals surface area (Å²) in [6.07, 6.45) is 6.31. The van der Waals surface area contributed by atoms with Crippen molar-refractivity contribution in [3.05, 3.63) is 54.6 Å². The van der Waals surface area contributed by atoms with Crippen LogP contribution in [0.25, 0.3) is 21.8 Å². The third-order valence-corrected chi connectivity index (χ3v) is 4.67. The SMILES string of the molecule is CCCCCCC(CC)C(=O)O.c1ccc2nc3ccccc3cc2c1. The zero-order valence-electron chi connectivity index (χ0n) is 15.8. The molecule has 0 aliphatic heterocycles. The first-order chi connectivity index (χ1) is 12.7. The molecule has 3 aromatic rings. The monoisotopic (exact) mass is 351 g/mol. The summed E-state index contributed by atoms with van der Waals surface area (Å²) in [5, 5.41) is 11.1. The number of hydrogen-bond donors (Lipinski definition) is 1. The lowest BCUT2D eigenvalue weighted by molar-refractivity contribution is -0.142. The number of unbranched alkanes of at least 4 members (excludes halogenated alkanes) is 3. The summed E-state index contributed by atoms with van der Waals surface area (Å²) >= 11 is 0. The van der Waals surface area contributed by atoms with Crippen LogP contribution in [0.4, 0.5) is 0 Å². The Labute approximate surface area is 156 Å². The van der Waals surface area contributed by atoms with Crippen LogP contribution in [0.5, 0.6) is 0 Å². The van der Waals surface area contributed by atoms with Gasteiger partial charge in [-0.15, -0.1) is 0 Å². The average Bonchev–Trinajstić information content (AvgIpc) is 2.66. The van der Waals surface area contributed by atoms with E-state index in [1.54, 1.807) is 0 Å². The second-order valence-electron chi connectivity index (χ2n) is 6.67. The Morgan fingerprint density at radius 1 is 0.923 bits per heavy atom. The number of pyridine rings is 1. The van der Waals surface area contributed by atoms with Gasteiger partial charge in [-0.25, -0.2) is 4.98 Å². The quantitative estimate of drug-likeness (QED) is 0.393. The number of carboxylic acids is 1. The highest BCUT2D eigenvalue weighted by atomic mass is 16.4. The molecule has 1 aromatic heterocycles. The second kappa shape index (κ2) is 10.5. The number of aliphatic carboxylic acids is 1. The minimum absolute atomic E-state index is 0.109. The minimum atomic E-state index is -0.631. The van der Waals surface area contributed by atoms with E-state index in [1.165, 1.54) is 30.0 Å². The Morgan fingerprint density at radius 3 is 2.00 bits per heavy atom. The smallest absolute Gasteiger partial charge is 0.306 e. The number of para-hydroxylation sites is 2. The van der Waals surface area contributed by atoms with E-state index in [9.17, 15) is 4.79 Å². The topological polar surface area (TPSA) is 50.2 Å². The molecule has 1 unspecified atom stereocenters. The van der Waals surface area contributed by atoms with E-state index in [0.717, 1.165) is 30.3 Å². The zero-order chi connectivity index (χ0) is 18.8. The second-order valence-corrected chi connectivity index (χ2v) is 6.67. The van der Waals surface area contributed by atoms with Crippen molar-refractivity contribution in [2.45, 2.75) is 52.4 Å². The molecule has 0 fully saturated rings. The van der Waals surface area contributed by atoms with Gasteiger partial charge in [-0.1, -0.05) is 75.9 Å². The lowest BCUT2D eigenvalue weighted by atomic mass is 9.99. The maximum absolute atomic E-state index is 10.6. The minimum Gasteiger partial charge on any atom is -0.481 e. The normalized spacial score (nSPS) is 11.8. The van der Waals surface area contributed by atoms with Crippen molar-refractivity contribution in [2.24, 2.45) is 5.92 Å². The van der Waals surface area contributed by atoms with E-state index >= 15 is 0 Å². The standard InChI is InChI=1S/C13H9N.C10H20O2/c1-3-7-12-10(5-1)9-11-6-2-4-8-13(11)14-12;1-3-5-6-7-8-9(4-2)10(11)12/h1-9H;9H,3-8H2,1-2H3,(H,11,12). The molecule has 2 aromatic carbocycles. The molecule has 1 atom stereocenters. The molecule has 1 heterocycles. The largest absolute Gasteiger partial charge is 0.481 e. The molecular weight excluding hydrogens is 322 g/mol. The number of hydrogen-bond acceptors (Lipinski definition) is 2. The number of benzene rings is 2. The van der Waals surface area contributed by atoms with Gasteiger partial charge in [0.2, 0.25) is 0 Å². The highest BCUT2D eigenvalue weighted by Gasteiger charge is 2.13. The highest BCUT2D eigenvalue weighted by Crippen LogP contribution is 2.18. The molecule has 3 rings (SSSR count). The summed E-state index contributed by atoms with van der Waals surface area (Å²) in [5.74, 6) is -0.740. The Morgan fingerprint density at radius 2 is 1.50 bits per heavy atom. The van der Waals surface area contributed by atoms with Crippen LogP contribution in [-0.2, 0) is 4.79 Å². The van der Waals surface area contributed by atoms with E-state index in [4.69, 9.17) is 5.11 Å². The molecule has 1 N–H and O–H groups in total. The molecule has 0 saturated heterocycles. The van der Waals surface area contributed by atoms with E-state index in [0.29, 0.717) is 0 Å². The van der Waals surface area contributed by atoms with Crippen molar-refractivity contribution in [1.29, 1.82) is 0 Å². The summed E-state index contributed by atoms with van der Waals surface area (Å²) in [4.78, 5) is 15.2. The van der Waals surface area contributed by atoms with E-state index in [2.05, 4.69) is 30.1 Å². The molecule has 0 radical (unpaired) electrons. The van der Waals surface area contributed by atoms with Crippen LogP contribution in [0.3, 0.4) is 0 Å². The predicted molar refractivity (Wildman–Crippen MR) is 109 cm³/mol. The van der Waals surface area contributed by atoms with Crippen LogP contribution >= 0.6 is 0 Å². The Hall–Kier alpha value is -2.42. The van der Waals surface area contributed by atoms with Gasteiger partial charge in [0, 0.05) is 10.8 Å². The molecular formula is C23H29NO2. The van der Waals surface area contributed by atoms with Crippen molar-refractivity contribution >= 4 is 27.8 Å². The molecule has 0 aliphatic rings. The van der Waals surface area contributed by atoms with Crippen LogP contribution < -0.4 is 0 Å². The van der Waals surface area contributed by atoms with Crippen molar-refractivity contribution in [2.75, 3.05) is 0 Å². The lowest BCUT2D eigenvalue weighted by Crippen LogP contribution is -2.12. The maximum Gasteiger partial charge on any atom is 0.306 e. The first-order valence-electron chi connectivity index (χ1n) is 9.63. The number of carbonyl (C=O) groups is 1. The molecule has 3 heteroatoms. The van der Waals surface area contributed by atoms with Gasteiger partial charge in [0.1, 0.15) is 0 Å². The number of rotatable bonds is 7. The van der Waals surface area contributed by atoms with Gasteiger partial charge >= 0.3 is 5.97 Å². The number of aromatic nitrogens is 1. The molecule has 138 valence electrons. The fourth-order valence-electron chi connectivity index (χ4n) is 3.04. The molecule has 0 saturated carbocycles. The van der Waals surface area contributed by atoms with Gasteiger partial charge in [-0.05, 0) is 31.0 Å². The van der Waals surface area contributed by atoms with E-state index in [-0.39, 0.29) is 5.92 Å². The third-order valence-electron chi connectivity index (χ3n) is 4.67. The first-order valence-corrected chi connectivity index (χ1v) is 9.63. The van der Waals surface area contributed by atoms with Gasteiger partial charge in [0.25, 0.3) is 0 Å². The van der Waals surface area contributed by atoms with Crippen LogP contribution in [0.15, 0.2) is 54.6 Å². The number of nitrogens with zero attached hydrogens (tertiary/aromatic N) is 1. The molecule has 3 nitrogen and oxygen atoms in total. The van der Waals surface area contributed by atoms with Gasteiger partial charge in [0.15, 0.2) is 0 Å². The molecule has 0 aliphatic carbocycles. The first kappa shape index (κ1) is 19.9. The Bertz CT molecular complexity index is 723. The molecule has 0 bridgehead atoms. The molecule has 0 amide bonds. The van der Waals surface area contributed by atoms with Crippen LogP contribution in [0.2, 0.25) is 0 Å². The fourth-order valence-corrected chi connectivity index (χ4v) is 3.04. The Balaban J connectivity index is 0.000000191. The predicted octanol–water partition coefficient (Wildman–Crippen LogP) is 6.46. The van der Waals surface area contributed by atoms with E-state index in [1.807, 2.05) is 43.3 Å². The summed E-state index contributed by atoms with van der Waals surface area (Å²) in [6.45, 7) is 4.10. The summed E-state index contributed by atoms with van der Waals surface area (Å²) in [7, 11) is 0. The maximum atomic E-state index is 10.6. The van der Waals surface area contributed by atoms with Crippen molar-refractivity contribution < 1.29 is 9.90 Å². The van der Waals surface area contributed by atoms with Crippen LogP contribution in [0, 0.1) is 5.92 Å². The number of fused-ring (bicyclic) bond motifs is 2. The van der Waals surface area contributed by atoms with Crippen molar-refractivity contribution in [3.63, 3.8) is 0 Å². The van der Waals surface area contributed by atoms with Gasteiger partial charge in [0.05, 0.1) is 17.0 Å². The van der Waals surface area contributed by atoms with Crippen molar-refractivity contribution in [1.82, 2.24) is 4.98 Å². The van der Waals surface area contributed by atoms with Crippen LogP contribution in [0.1, 0.15) is 52.4 Å².